The second-order valence-electron chi connectivity index (χ2n) is 7.96. The number of hydrogen-bond donors (Lipinski definition) is 6. The van der Waals surface area contributed by atoms with Crippen LogP contribution in [0.25, 0.3) is 0 Å². The highest BCUT2D eigenvalue weighted by Gasteiger charge is 2.11. The molecule has 0 saturated carbocycles. The summed E-state index contributed by atoms with van der Waals surface area (Å²) in [6.07, 6.45) is 19.4. The summed E-state index contributed by atoms with van der Waals surface area (Å²) >= 11 is 0. The third-order valence-corrected chi connectivity index (χ3v) is 5.28. The molecule has 34 heavy (non-hydrogen) atoms. The van der Waals surface area contributed by atoms with Crippen LogP contribution in [0.2, 0.25) is 0 Å². The van der Waals surface area contributed by atoms with E-state index in [1.54, 1.807) is 0 Å². The summed E-state index contributed by atoms with van der Waals surface area (Å²) in [6, 6.07) is -0.745. The molecule has 0 atom stereocenters. The molecule has 0 radical (unpaired) electrons. The number of carbonyl (C=O) groups excluding carboxylic acids is 3. The molecule has 0 aromatic heterocycles. The van der Waals surface area contributed by atoms with Crippen molar-refractivity contribution in [3.63, 3.8) is 0 Å². The summed E-state index contributed by atoms with van der Waals surface area (Å²) in [5.41, 5.74) is 2.58. The molecule has 6 N–H and O–H groups in total. The van der Waals surface area contributed by atoms with Gasteiger partial charge in [-0.15, -0.1) is 0 Å². The van der Waals surface area contributed by atoms with Gasteiger partial charge in [0.1, 0.15) is 0 Å². The molecule has 0 saturated heterocycles. The molecule has 0 aromatic rings. The first kappa shape index (κ1) is 24.8. The molecule has 3 rings (SSSR count). The van der Waals surface area contributed by atoms with Crippen molar-refractivity contribution >= 4 is 18.1 Å². The number of nitrogens with one attached hydrogen (secondary N) is 6. The summed E-state index contributed by atoms with van der Waals surface area (Å²) < 4.78 is 0. The van der Waals surface area contributed by atoms with E-state index in [2.05, 4.69) is 36.8 Å². The van der Waals surface area contributed by atoms with Gasteiger partial charge in [0.15, 0.2) is 0 Å². The highest BCUT2D eigenvalue weighted by atomic mass is 16.2. The van der Waals surface area contributed by atoms with Crippen LogP contribution < -0.4 is 31.9 Å². The van der Waals surface area contributed by atoms with Crippen molar-refractivity contribution in [3.05, 3.63) is 71.8 Å². The molecular weight excluding hydrogens is 434 g/mol. The molecule has 6 amide bonds. The van der Waals surface area contributed by atoms with E-state index in [0.29, 0.717) is 39.3 Å². The van der Waals surface area contributed by atoms with E-state index in [9.17, 15) is 14.4 Å². The van der Waals surface area contributed by atoms with Gasteiger partial charge in [-0.05, 0) is 18.2 Å². The zero-order chi connectivity index (χ0) is 24.0. The fourth-order valence-electron chi connectivity index (χ4n) is 3.51. The molecule has 3 aliphatic carbocycles. The van der Waals surface area contributed by atoms with Crippen LogP contribution in [0.15, 0.2) is 71.8 Å². The van der Waals surface area contributed by atoms with Gasteiger partial charge < -0.3 is 31.9 Å². The minimum absolute atomic E-state index is 0.248. The molecule has 10 heteroatoms. The molecule has 0 fully saturated rings. The Bertz CT molecular complexity index is 812. The van der Waals surface area contributed by atoms with E-state index < -0.39 is 0 Å². The van der Waals surface area contributed by atoms with Crippen LogP contribution in [0.5, 0.6) is 0 Å². The molecule has 182 valence electrons. The fourth-order valence-corrected chi connectivity index (χ4v) is 3.51. The van der Waals surface area contributed by atoms with Crippen LogP contribution >= 0.6 is 0 Å². The van der Waals surface area contributed by atoms with Crippen molar-refractivity contribution in [1.82, 2.24) is 36.8 Å². The quantitative estimate of drug-likeness (QED) is 0.261. The van der Waals surface area contributed by atoms with Gasteiger partial charge >= 0.3 is 18.1 Å². The zero-order valence-electron chi connectivity index (χ0n) is 19.2. The van der Waals surface area contributed by atoms with Gasteiger partial charge in [0.2, 0.25) is 0 Å². The maximum absolute atomic E-state index is 12.1. The van der Waals surface area contributed by atoms with E-state index in [0.717, 1.165) is 36.4 Å². The van der Waals surface area contributed by atoms with Gasteiger partial charge in [-0.25, -0.2) is 14.4 Å². The van der Waals surface area contributed by atoms with Crippen molar-refractivity contribution < 1.29 is 14.4 Å². The second kappa shape index (κ2) is 13.7. The van der Waals surface area contributed by atoms with Crippen LogP contribution in [-0.4, -0.2) is 62.3 Å². The third-order valence-electron chi connectivity index (χ3n) is 5.28. The smallest absolute Gasteiger partial charge is 0.319 e. The van der Waals surface area contributed by atoms with Crippen molar-refractivity contribution in [2.45, 2.75) is 19.3 Å². The lowest BCUT2D eigenvalue weighted by atomic mass is 10.4. The summed E-state index contributed by atoms with van der Waals surface area (Å²) in [5, 5.41) is 17.0. The number of amides is 6. The Hall–Kier alpha value is -3.79. The van der Waals surface area contributed by atoms with Crippen molar-refractivity contribution in [2.24, 2.45) is 0 Å². The number of hydrogen-bond acceptors (Lipinski definition) is 4. The minimum Gasteiger partial charge on any atom is -0.337 e. The monoisotopic (exact) mass is 467 g/mol. The van der Waals surface area contributed by atoms with E-state index in [4.69, 9.17) is 0 Å². The Morgan fingerprint density at radius 3 is 1.18 bits per heavy atom. The molecule has 0 spiro atoms. The Morgan fingerprint density at radius 2 is 0.912 bits per heavy atom. The summed E-state index contributed by atoms with van der Waals surface area (Å²) in [7, 11) is 0. The highest BCUT2D eigenvalue weighted by Crippen LogP contribution is 2.07. The fraction of sp³-hybridized carbons (Fsp3) is 0.375. The predicted octanol–water partition coefficient (Wildman–Crippen LogP) is 1.72. The lowest BCUT2D eigenvalue weighted by Gasteiger charge is -2.23. The highest BCUT2D eigenvalue weighted by molar-refractivity contribution is 5.77. The average molecular weight is 468 g/mol. The maximum Gasteiger partial charge on any atom is 0.319 e. The van der Waals surface area contributed by atoms with Gasteiger partial charge in [0.05, 0.1) is 0 Å². The van der Waals surface area contributed by atoms with E-state index in [1.807, 2.05) is 54.7 Å². The molecule has 0 bridgehead atoms. The molecule has 0 unspecified atom stereocenters. The van der Waals surface area contributed by atoms with Crippen LogP contribution in [0, 0.1) is 0 Å². The Morgan fingerprint density at radius 1 is 0.588 bits per heavy atom. The number of carbonyl (C=O) groups is 3. The van der Waals surface area contributed by atoms with E-state index in [-0.39, 0.29) is 18.1 Å². The molecule has 0 aliphatic heterocycles. The van der Waals surface area contributed by atoms with Gasteiger partial charge in [0, 0.05) is 75.6 Å². The number of rotatable bonds is 12. The van der Waals surface area contributed by atoms with Crippen molar-refractivity contribution in [3.8, 4) is 0 Å². The van der Waals surface area contributed by atoms with Crippen LogP contribution in [-0.2, 0) is 0 Å². The lowest BCUT2D eigenvalue weighted by Crippen LogP contribution is -2.46. The van der Waals surface area contributed by atoms with E-state index in [1.165, 1.54) is 0 Å². The van der Waals surface area contributed by atoms with Gasteiger partial charge in [-0.2, -0.15) is 0 Å². The normalized spacial score (nSPS) is 15.6. The van der Waals surface area contributed by atoms with Crippen LogP contribution in [0.3, 0.4) is 0 Å². The van der Waals surface area contributed by atoms with Crippen molar-refractivity contribution in [1.29, 1.82) is 0 Å². The standard InChI is InChI=1S/C24H33N7O3/c32-22(28-19-7-1-2-8-19)25-13-16-31(17-14-26-23(33)29-20-9-3-4-10-20)18-15-27-24(34)30-21-11-5-6-12-21/h1-7,9,11H,8,10,12-18H2,(H2,25,28,32)(H2,26,29,33)(H2,27,30,34). The Labute approximate surface area is 200 Å². The first-order valence-electron chi connectivity index (χ1n) is 11.5. The molecule has 10 nitrogen and oxygen atoms in total. The average Bonchev–Trinajstić information content (AvgIpc) is 3.58. The first-order valence-corrected chi connectivity index (χ1v) is 11.5. The van der Waals surface area contributed by atoms with Gasteiger partial charge in [-0.1, -0.05) is 36.5 Å². The Kier molecular flexibility index (Phi) is 10.0. The maximum atomic E-state index is 12.1. The SMILES string of the molecule is O=C(NCCN(CCNC(=O)NC1=CC=CC1)CCNC(=O)NC1=CC=CC1)NC1=CC=CC1. The molecule has 3 aliphatic rings. The number of allylic oxidation sites excluding steroid dienone is 9. The predicted molar refractivity (Wildman–Crippen MR) is 132 cm³/mol. The summed E-state index contributed by atoms with van der Waals surface area (Å²) in [4.78, 5) is 38.2. The van der Waals surface area contributed by atoms with E-state index >= 15 is 0 Å². The summed E-state index contributed by atoms with van der Waals surface area (Å²) in [5.74, 6) is 0. The Balaban J connectivity index is 1.36. The van der Waals surface area contributed by atoms with Gasteiger partial charge in [0.25, 0.3) is 0 Å². The third kappa shape index (κ3) is 9.37. The topological polar surface area (TPSA) is 127 Å². The first-order chi connectivity index (χ1) is 16.6. The second-order valence-corrected chi connectivity index (χ2v) is 7.96. The molecular formula is C24H33N7O3. The van der Waals surface area contributed by atoms with Gasteiger partial charge in [-0.3, -0.25) is 4.90 Å². The number of urea groups is 3. The molecule has 0 heterocycles. The van der Waals surface area contributed by atoms with Crippen molar-refractivity contribution in [2.75, 3.05) is 39.3 Å². The van der Waals surface area contributed by atoms with Crippen LogP contribution in [0.1, 0.15) is 19.3 Å². The summed E-state index contributed by atoms with van der Waals surface area (Å²) in [6.45, 7) is 3.01. The lowest BCUT2D eigenvalue weighted by molar-refractivity contribution is 0.230. The molecule has 0 aromatic carbocycles. The largest absolute Gasteiger partial charge is 0.337 e. The van der Waals surface area contributed by atoms with Crippen LogP contribution in [0.4, 0.5) is 14.4 Å². The number of nitrogens with zero attached hydrogens (tertiary/aromatic N) is 1. The minimum atomic E-state index is -0.248. The zero-order valence-corrected chi connectivity index (χ0v) is 19.2.